The Kier molecular flexibility index (Phi) is 13.2. The molecule has 1 amide bonds. The van der Waals surface area contributed by atoms with Crippen LogP contribution in [-0.2, 0) is 10.0 Å². The van der Waals surface area contributed by atoms with Crippen LogP contribution < -0.4 is 14.8 Å². The topological polar surface area (TPSA) is 125 Å². The number of aliphatic hydroxyl groups is 1. The lowest BCUT2D eigenvalue weighted by Crippen LogP contribution is -2.50. The minimum Gasteiger partial charge on any atom is -0.504 e. The van der Waals surface area contributed by atoms with Crippen LogP contribution in [0, 0.1) is 5.92 Å². The van der Waals surface area contributed by atoms with Gasteiger partial charge < -0.3 is 25.0 Å². The summed E-state index contributed by atoms with van der Waals surface area (Å²) in [6.07, 6.45) is 4.72. The highest BCUT2D eigenvalue weighted by Gasteiger charge is 2.31. The first kappa shape index (κ1) is 32.9. The number of hydrogen-bond donors (Lipinski definition) is 3. The van der Waals surface area contributed by atoms with Gasteiger partial charge in [-0.15, -0.1) is 6.58 Å². The van der Waals surface area contributed by atoms with E-state index in [2.05, 4.69) is 18.5 Å². The van der Waals surface area contributed by atoms with Crippen LogP contribution in [0.5, 0.6) is 17.2 Å². The van der Waals surface area contributed by atoms with Gasteiger partial charge in [0.15, 0.2) is 11.5 Å². The lowest BCUT2D eigenvalue weighted by atomic mass is 10.0. The van der Waals surface area contributed by atoms with E-state index in [1.807, 2.05) is 13.8 Å². The van der Waals surface area contributed by atoms with E-state index in [4.69, 9.17) is 9.47 Å². The first-order valence-electron chi connectivity index (χ1n) is 13.3. The van der Waals surface area contributed by atoms with Gasteiger partial charge in [-0.1, -0.05) is 45.1 Å². The number of para-hydroxylation sites is 1. The van der Waals surface area contributed by atoms with Crippen LogP contribution in [0.15, 0.2) is 72.7 Å². The fourth-order valence-electron chi connectivity index (χ4n) is 4.17. The number of phenols is 1. The number of aliphatic hydroxyl groups excluding tert-OH is 1. The van der Waals surface area contributed by atoms with Crippen molar-refractivity contribution >= 4 is 15.9 Å². The second-order valence-electron chi connectivity index (χ2n) is 9.87. The van der Waals surface area contributed by atoms with Crippen LogP contribution in [0.2, 0.25) is 0 Å². The summed E-state index contributed by atoms with van der Waals surface area (Å²) in [5, 5.41) is 24.5. The predicted molar refractivity (Wildman–Crippen MR) is 156 cm³/mol. The highest BCUT2D eigenvalue weighted by atomic mass is 32.2. The number of carbonyl (C=O) groups is 1. The molecular weight excluding hydrogens is 532 g/mol. The summed E-state index contributed by atoms with van der Waals surface area (Å²) >= 11 is 0. The highest BCUT2D eigenvalue weighted by molar-refractivity contribution is 7.89. The number of phenolic OH excluding ortho intramolecular Hbond substituents is 1. The van der Waals surface area contributed by atoms with Crippen LogP contribution in [0.1, 0.15) is 49.9 Å². The van der Waals surface area contributed by atoms with Crippen molar-refractivity contribution in [2.24, 2.45) is 5.92 Å². The maximum atomic E-state index is 13.6. The minimum absolute atomic E-state index is 0.00307. The van der Waals surface area contributed by atoms with Crippen molar-refractivity contribution in [3.8, 4) is 17.2 Å². The SMILES string of the molecule is C=CCCCC[C@H](NC(=O)c1cccc(O)c1OCC=C)[C@H](O)CN(CC(C)C)S(=O)(=O)c1ccc(OC)cc1. The van der Waals surface area contributed by atoms with Gasteiger partial charge >= 0.3 is 0 Å². The van der Waals surface area contributed by atoms with Crippen LogP contribution in [0.3, 0.4) is 0 Å². The summed E-state index contributed by atoms with van der Waals surface area (Å²) in [6.45, 7) is 11.1. The van der Waals surface area contributed by atoms with Gasteiger partial charge in [-0.05, 0) is 61.6 Å². The van der Waals surface area contributed by atoms with Crippen LogP contribution in [-0.4, -0.2) is 67.8 Å². The Bertz CT molecular complexity index is 1210. The van der Waals surface area contributed by atoms with Gasteiger partial charge in [0.05, 0.1) is 29.7 Å². The van der Waals surface area contributed by atoms with E-state index >= 15 is 0 Å². The Labute approximate surface area is 238 Å². The number of amides is 1. The van der Waals surface area contributed by atoms with Crippen LogP contribution >= 0.6 is 0 Å². The Morgan fingerprint density at radius 1 is 1.07 bits per heavy atom. The van der Waals surface area contributed by atoms with Gasteiger partial charge in [0.2, 0.25) is 10.0 Å². The number of unbranched alkanes of at least 4 members (excludes halogenated alkanes) is 2. The minimum atomic E-state index is -3.95. The first-order valence-corrected chi connectivity index (χ1v) is 14.8. The van der Waals surface area contributed by atoms with Crippen molar-refractivity contribution in [1.82, 2.24) is 9.62 Å². The summed E-state index contributed by atoms with van der Waals surface area (Å²) in [5.74, 6) is -0.247. The van der Waals surface area contributed by atoms with E-state index in [0.717, 1.165) is 12.8 Å². The number of rotatable bonds is 18. The Morgan fingerprint density at radius 2 is 1.77 bits per heavy atom. The Hall–Kier alpha value is -3.34. The number of allylic oxidation sites excluding steroid dienone is 1. The molecule has 2 aromatic carbocycles. The molecule has 0 heterocycles. The zero-order valence-electron chi connectivity index (χ0n) is 23.6. The van der Waals surface area contributed by atoms with Gasteiger partial charge in [0, 0.05) is 13.1 Å². The molecule has 220 valence electrons. The molecule has 0 saturated heterocycles. The quantitative estimate of drug-likeness (QED) is 0.177. The maximum absolute atomic E-state index is 13.6. The number of carbonyl (C=O) groups excluding carboxylic acids is 1. The molecule has 0 spiro atoms. The van der Waals surface area contributed by atoms with E-state index < -0.39 is 28.1 Å². The number of benzene rings is 2. The van der Waals surface area contributed by atoms with E-state index in [1.165, 1.54) is 47.8 Å². The molecule has 0 aliphatic rings. The number of ether oxygens (including phenoxy) is 2. The molecule has 0 saturated carbocycles. The molecule has 9 nitrogen and oxygen atoms in total. The largest absolute Gasteiger partial charge is 0.504 e. The molecule has 0 aliphatic carbocycles. The van der Waals surface area contributed by atoms with E-state index in [0.29, 0.717) is 18.6 Å². The molecule has 0 bridgehead atoms. The summed E-state index contributed by atoms with van der Waals surface area (Å²) in [7, 11) is -2.45. The number of aromatic hydroxyl groups is 1. The molecule has 40 heavy (non-hydrogen) atoms. The monoisotopic (exact) mass is 574 g/mol. The molecule has 0 fully saturated rings. The fraction of sp³-hybridized carbons (Fsp3) is 0.433. The smallest absolute Gasteiger partial charge is 0.255 e. The zero-order valence-corrected chi connectivity index (χ0v) is 24.4. The van der Waals surface area contributed by atoms with Gasteiger partial charge in [-0.2, -0.15) is 4.31 Å². The Morgan fingerprint density at radius 3 is 2.38 bits per heavy atom. The highest BCUT2D eigenvalue weighted by Crippen LogP contribution is 2.30. The van der Waals surface area contributed by atoms with Crippen molar-refractivity contribution in [3.05, 3.63) is 73.3 Å². The van der Waals surface area contributed by atoms with Crippen molar-refractivity contribution < 1.29 is 32.9 Å². The number of nitrogens with zero attached hydrogens (tertiary/aromatic N) is 1. The second kappa shape index (κ2) is 16.1. The summed E-state index contributed by atoms with van der Waals surface area (Å²) in [4.78, 5) is 13.4. The molecule has 2 atom stereocenters. The molecule has 2 aromatic rings. The lowest BCUT2D eigenvalue weighted by Gasteiger charge is -2.31. The number of nitrogens with one attached hydrogen (secondary N) is 1. The predicted octanol–water partition coefficient (Wildman–Crippen LogP) is 4.52. The summed E-state index contributed by atoms with van der Waals surface area (Å²) in [5.41, 5.74) is 0.0926. The van der Waals surface area contributed by atoms with Gasteiger partial charge in [-0.25, -0.2) is 8.42 Å². The first-order chi connectivity index (χ1) is 19.0. The average molecular weight is 575 g/mol. The van der Waals surface area contributed by atoms with Crippen molar-refractivity contribution in [2.75, 3.05) is 26.8 Å². The molecule has 3 N–H and O–H groups in total. The molecular formula is C30H42N2O7S. The zero-order chi connectivity index (χ0) is 29.7. The lowest BCUT2D eigenvalue weighted by molar-refractivity contribution is 0.0752. The molecule has 2 rings (SSSR count). The van der Waals surface area contributed by atoms with Crippen molar-refractivity contribution in [1.29, 1.82) is 0 Å². The molecule has 10 heteroatoms. The average Bonchev–Trinajstić information content (AvgIpc) is 2.93. The summed E-state index contributed by atoms with van der Waals surface area (Å²) < 4.78 is 39.1. The van der Waals surface area contributed by atoms with Crippen LogP contribution in [0.25, 0.3) is 0 Å². The van der Waals surface area contributed by atoms with Gasteiger partial charge in [0.1, 0.15) is 12.4 Å². The fourth-order valence-corrected chi connectivity index (χ4v) is 5.79. The number of sulfonamides is 1. The summed E-state index contributed by atoms with van der Waals surface area (Å²) in [6, 6.07) is 9.74. The number of hydrogen-bond acceptors (Lipinski definition) is 7. The Balaban J connectivity index is 2.34. The standard InChI is InChI=1S/C30H42N2O7S/c1-6-8-9-10-13-26(31-30(35)25-12-11-14-27(33)29(25)39-19-7-2)28(34)21-32(20-22(3)4)40(36,37)24-17-15-23(38-5)16-18-24/h6-7,11-12,14-18,22,26,28,33-34H,1-2,8-10,13,19-21H2,3-5H3,(H,31,35)/t26-,28+/m0/s1. The second-order valence-corrected chi connectivity index (χ2v) is 11.8. The van der Waals surface area contributed by atoms with Gasteiger partial charge in [0.25, 0.3) is 5.91 Å². The molecule has 0 unspecified atom stereocenters. The maximum Gasteiger partial charge on any atom is 0.255 e. The normalized spacial score (nSPS) is 13.1. The third-order valence-electron chi connectivity index (χ3n) is 6.20. The molecule has 0 radical (unpaired) electrons. The third-order valence-corrected chi connectivity index (χ3v) is 8.04. The third kappa shape index (κ3) is 9.39. The van der Waals surface area contributed by atoms with E-state index in [1.54, 1.807) is 18.2 Å². The van der Waals surface area contributed by atoms with Crippen molar-refractivity contribution in [2.45, 2.75) is 56.6 Å². The van der Waals surface area contributed by atoms with Gasteiger partial charge in [-0.3, -0.25) is 4.79 Å². The van der Waals surface area contributed by atoms with Crippen LogP contribution in [0.4, 0.5) is 0 Å². The van der Waals surface area contributed by atoms with E-state index in [-0.39, 0.29) is 47.6 Å². The van der Waals surface area contributed by atoms with E-state index in [9.17, 15) is 23.4 Å². The number of methoxy groups -OCH3 is 1. The molecule has 0 aliphatic heterocycles. The van der Waals surface area contributed by atoms with Crippen molar-refractivity contribution in [3.63, 3.8) is 0 Å². The molecule has 0 aromatic heterocycles.